The molecule has 3 aromatic rings. The molecule has 0 unspecified atom stereocenters. The predicted octanol–water partition coefficient (Wildman–Crippen LogP) is 6.38. The third-order valence-electron chi connectivity index (χ3n) is 4.54. The topological polar surface area (TPSA) is 74.5 Å². The van der Waals surface area contributed by atoms with Crippen molar-refractivity contribution in [3.05, 3.63) is 95.2 Å². The van der Waals surface area contributed by atoms with Gasteiger partial charge in [-0.05, 0) is 105 Å². The van der Waals surface area contributed by atoms with Gasteiger partial charge >= 0.3 is 0 Å². The van der Waals surface area contributed by atoms with E-state index in [9.17, 15) is 14.4 Å². The number of benzene rings is 3. The van der Waals surface area contributed by atoms with Crippen LogP contribution in [0.5, 0.6) is 5.75 Å². The Bertz CT molecular complexity index is 1330. The highest BCUT2D eigenvalue weighted by atomic mass is 127. The molecule has 33 heavy (non-hydrogen) atoms. The summed E-state index contributed by atoms with van der Waals surface area (Å²) in [6, 6.07) is 19.1. The van der Waals surface area contributed by atoms with Crippen molar-refractivity contribution in [2.75, 3.05) is 0 Å². The van der Waals surface area contributed by atoms with E-state index in [-0.39, 0.29) is 18.3 Å². The minimum atomic E-state index is -0.346. The number of thioether (sulfide) groups is 1. The molecular weight excluding hydrogens is 667 g/mol. The van der Waals surface area contributed by atoms with Gasteiger partial charge < -0.3 is 10.1 Å². The smallest absolute Gasteiger partial charge is 0.264 e. The molecule has 1 amide bonds. The first-order chi connectivity index (χ1) is 15.9. The zero-order valence-corrected chi connectivity index (χ0v) is 21.9. The summed E-state index contributed by atoms with van der Waals surface area (Å²) >= 11 is 5.63. The van der Waals surface area contributed by atoms with Gasteiger partial charge in [-0.1, -0.05) is 18.2 Å². The van der Waals surface area contributed by atoms with Crippen LogP contribution >= 0.6 is 56.9 Å². The van der Waals surface area contributed by atoms with Gasteiger partial charge in [0.15, 0.2) is 5.17 Å². The summed E-state index contributed by atoms with van der Waals surface area (Å²) in [5, 5.41) is 12.5. The van der Waals surface area contributed by atoms with Crippen LogP contribution in [0.25, 0.3) is 6.08 Å². The van der Waals surface area contributed by atoms with Crippen LogP contribution in [0, 0.1) is 24.3 Å². The van der Waals surface area contributed by atoms with Crippen LogP contribution in [0.1, 0.15) is 16.7 Å². The van der Waals surface area contributed by atoms with Crippen molar-refractivity contribution in [2.24, 2.45) is 4.99 Å². The van der Waals surface area contributed by atoms with Crippen molar-refractivity contribution in [1.29, 1.82) is 5.26 Å². The van der Waals surface area contributed by atoms with Gasteiger partial charge in [-0.15, -0.1) is 0 Å². The lowest BCUT2D eigenvalue weighted by atomic mass is 10.1. The van der Waals surface area contributed by atoms with Crippen molar-refractivity contribution in [2.45, 2.75) is 6.61 Å². The van der Waals surface area contributed by atoms with Crippen molar-refractivity contribution in [3.8, 4) is 11.8 Å². The highest BCUT2D eigenvalue weighted by Crippen LogP contribution is 2.34. The number of halogens is 3. The summed E-state index contributed by atoms with van der Waals surface area (Å²) in [6.07, 6.45) is 1.77. The molecular formula is C24H14FI2N3O2S. The number of hydrogen-bond donors (Lipinski definition) is 1. The van der Waals surface area contributed by atoms with Crippen LogP contribution in [0.3, 0.4) is 0 Å². The van der Waals surface area contributed by atoms with Crippen LogP contribution in [-0.2, 0) is 11.4 Å². The van der Waals surface area contributed by atoms with Crippen molar-refractivity contribution in [1.82, 2.24) is 5.32 Å². The van der Waals surface area contributed by atoms with E-state index in [1.54, 1.807) is 24.3 Å². The second-order valence-corrected chi connectivity index (χ2v) is 10.3. The first-order valence-electron chi connectivity index (χ1n) is 9.58. The van der Waals surface area contributed by atoms with E-state index in [4.69, 9.17) is 4.74 Å². The average molecular weight is 681 g/mol. The molecule has 0 aliphatic carbocycles. The molecule has 164 valence electrons. The van der Waals surface area contributed by atoms with Gasteiger partial charge in [0.1, 0.15) is 18.2 Å². The molecule has 1 saturated heterocycles. The quantitative estimate of drug-likeness (QED) is 0.251. The number of amidine groups is 1. The Morgan fingerprint density at radius 1 is 1.15 bits per heavy atom. The summed E-state index contributed by atoms with van der Waals surface area (Å²) in [7, 11) is 0. The number of nitrogens with one attached hydrogen (secondary N) is 1. The Morgan fingerprint density at radius 2 is 1.91 bits per heavy atom. The summed E-state index contributed by atoms with van der Waals surface area (Å²) < 4.78 is 21.1. The number of amides is 1. The lowest BCUT2D eigenvalue weighted by molar-refractivity contribution is -0.115. The van der Waals surface area contributed by atoms with E-state index < -0.39 is 0 Å². The first kappa shape index (κ1) is 23.7. The van der Waals surface area contributed by atoms with Gasteiger partial charge in [-0.2, -0.15) is 5.26 Å². The molecule has 1 aliphatic rings. The van der Waals surface area contributed by atoms with E-state index in [0.717, 1.165) is 18.3 Å². The summed E-state index contributed by atoms with van der Waals surface area (Å²) in [6.45, 7) is 0.229. The van der Waals surface area contributed by atoms with Gasteiger partial charge in [0.2, 0.25) is 0 Å². The lowest BCUT2D eigenvalue weighted by Crippen LogP contribution is -2.19. The molecule has 0 radical (unpaired) electrons. The van der Waals surface area contributed by atoms with Crippen LogP contribution in [0.4, 0.5) is 10.1 Å². The highest BCUT2D eigenvalue weighted by Gasteiger charge is 2.25. The Balaban J connectivity index is 1.61. The molecule has 1 fully saturated rings. The Morgan fingerprint density at radius 3 is 2.67 bits per heavy atom. The number of nitriles is 1. The number of carbonyl (C=O) groups excluding carboxylic acids is 1. The number of ether oxygens (including phenoxy) is 1. The Hall–Kier alpha value is -2.43. The van der Waals surface area contributed by atoms with Crippen molar-refractivity contribution >= 4 is 79.8 Å². The van der Waals surface area contributed by atoms with E-state index in [0.29, 0.717) is 27.1 Å². The van der Waals surface area contributed by atoms with Gasteiger partial charge in [-0.3, -0.25) is 4.79 Å². The maximum Gasteiger partial charge on any atom is 0.264 e. The lowest BCUT2D eigenvalue weighted by Gasteiger charge is -2.13. The summed E-state index contributed by atoms with van der Waals surface area (Å²) in [5.41, 5.74) is 2.64. The molecule has 0 aromatic heterocycles. The van der Waals surface area contributed by atoms with Crippen molar-refractivity contribution in [3.63, 3.8) is 0 Å². The molecule has 9 heteroatoms. The van der Waals surface area contributed by atoms with Crippen LogP contribution in [-0.4, -0.2) is 11.1 Å². The number of carbonyl (C=O) groups is 1. The Labute approximate surface area is 221 Å². The normalized spacial score (nSPS) is 15.5. The fraction of sp³-hybridized carbons (Fsp3) is 0.0417. The molecule has 0 saturated carbocycles. The zero-order chi connectivity index (χ0) is 23.4. The fourth-order valence-electron chi connectivity index (χ4n) is 3.00. The van der Waals surface area contributed by atoms with E-state index >= 15 is 0 Å². The number of rotatable bonds is 5. The second-order valence-electron chi connectivity index (χ2n) is 6.82. The SMILES string of the molecule is N#Cc1ccccc1COc1c(I)cc(I)cc1/C=C1/SC(=Nc2ccc(F)cc2)NC1=O. The minimum absolute atomic E-state index is 0.229. The maximum absolute atomic E-state index is 13.1. The molecule has 3 aromatic carbocycles. The second kappa shape index (κ2) is 10.7. The zero-order valence-electron chi connectivity index (χ0n) is 16.8. The fourth-order valence-corrected chi connectivity index (χ4v) is 5.88. The van der Waals surface area contributed by atoms with Gasteiger partial charge in [0, 0.05) is 14.7 Å². The molecule has 1 heterocycles. The van der Waals surface area contributed by atoms with Gasteiger partial charge in [0.25, 0.3) is 5.91 Å². The van der Waals surface area contributed by atoms with E-state index in [1.165, 1.54) is 23.9 Å². The molecule has 0 atom stereocenters. The third-order valence-corrected chi connectivity index (χ3v) is 6.88. The number of nitrogens with zero attached hydrogens (tertiary/aromatic N) is 2. The van der Waals surface area contributed by atoms with Crippen LogP contribution in [0.15, 0.2) is 70.6 Å². The van der Waals surface area contributed by atoms with Gasteiger partial charge in [-0.25, -0.2) is 9.38 Å². The first-order valence-corrected chi connectivity index (χ1v) is 12.6. The van der Waals surface area contributed by atoms with Crippen LogP contribution < -0.4 is 10.1 Å². The maximum atomic E-state index is 13.1. The monoisotopic (exact) mass is 681 g/mol. The molecule has 1 aliphatic heterocycles. The van der Waals surface area contributed by atoms with E-state index in [2.05, 4.69) is 61.6 Å². The van der Waals surface area contributed by atoms with Crippen LogP contribution in [0.2, 0.25) is 0 Å². The standard InChI is InChI=1S/C24H14FI2N3O2S/c25-17-5-7-19(8-6-17)29-24-30-23(31)21(33-24)10-16-9-18(26)11-20(27)22(16)32-13-15-4-2-1-3-14(15)12-28/h1-11H,13H2,(H,29,30,31)/b21-10+. The number of hydrogen-bond acceptors (Lipinski definition) is 5. The summed E-state index contributed by atoms with van der Waals surface area (Å²) in [5.74, 6) is 0.0185. The van der Waals surface area contributed by atoms with E-state index in [1.807, 2.05) is 30.3 Å². The molecule has 5 nitrogen and oxygen atoms in total. The molecule has 1 N–H and O–H groups in total. The minimum Gasteiger partial charge on any atom is -0.487 e. The Kier molecular flexibility index (Phi) is 7.67. The van der Waals surface area contributed by atoms with Gasteiger partial charge in [0.05, 0.1) is 25.8 Å². The molecule has 4 rings (SSSR count). The average Bonchev–Trinajstić information content (AvgIpc) is 3.13. The summed E-state index contributed by atoms with van der Waals surface area (Å²) in [4.78, 5) is 17.4. The molecule has 0 bridgehead atoms. The largest absolute Gasteiger partial charge is 0.487 e. The molecule has 0 spiro atoms. The van der Waals surface area contributed by atoms with Crippen molar-refractivity contribution < 1.29 is 13.9 Å². The number of aliphatic imine (C=N–C) groups is 1. The third kappa shape index (κ3) is 5.93. The predicted molar refractivity (Wildman–Crippen MR) is 145 cm³/mol. The highest BCUT2D eigenvalue weighted by molar-refractivity contribution is 14.1.